The van der Waals surface area contributed by atoms with Crippen LogP contribution in [0.4, 0.5) is 13.2 Å². The first-order valence-electron chi connectivity index (χ1n) is 4.19. The fourth-order valence-corrected chi connectivity index (χ4v) is 2.41. The highest BCUT2D eigenvalue weighted by Crippen LogP contribution is 2.51. The molecule has 0 heterocycles. The van der Waals surface area contributed by atoms with Crippen LogP contribution in [0.15, 0.2) is 0 Å². The smallest absolute Gasteiger partial charge is 0.397 e. The molecule has 0 aromatic heterocycles. The van der Waals surface area contributed by atoms with Crippen LogP contribution in [-0.2, 0) is 4.79 Å². The lowest BCUT2D eigenvalue weighted by molar-refractivity contribution is -0.138. The van der Waals surface area contributed by atoms with Gasteiger partial charge in [-0.25, -0.2) is 0 Å². The van der Waals surface area contributed by atoms with Gasteiger partial charge in [0.05, 0.1) is 12.2 Å². The Hall–Kier alpha value is -0.390. The van der Waals surface area contributed by atoms with Gasteiger partial charge in [-0.3, -0.25) is 4.79 Å². The van der Waals surface area contributed by atoms with E-state index in [2.05, 4.69) is 0 Å². The quantitative estimate of drug-likeness (QED) is 0.785. The number of aliphatic carboxylic acids is 1. The summed E-state index contributed by atoms with van der Waals surface area (Å²) in [5.74, 6) is -1.50. The lowest BCUT2D eigenvalue weighted by Crippen LogP contribution is -2.15. The van der Waals surface area contributed by atoms with Gasteiger partial charge in [-0.1, -0.05) is 0 Å². The Morgan fingerprint density at radius 2 is 2.00 bits per heavy atom. The van der Waals surface area contributed by atoms with Crippen molar-refractivity contribution < 1.29 is 23.1 Å². The van der Waals surface area contributed by atoms with Crippen molar-refractivity contribution in [3.8, 4) is 0 Å². The second-order valence-electron chi connectivity index (χ2n) is 3.68. The third kappa shape index (κ3) is 4.21. The van der Waals surface area contributed by atoms with Gasteiger partial charge in [0.25, 0.3) is 0 Å². The molecule has 1 aliphatic carbocycles. The van der Waals surface area contributed by atoms with E-state index in [1.807, 2.05) is 0 Å². The average Bonchev–Trinajstić information content (AvgIpc) is 2.64. The zero-order chi connectivity index (χ0) is 10.8. The maximum Gasteiger partial charge on any atom is 0.397 e. The molecule has 0 amide bonds. The van der Waals surface area contributed by atoms with Crippen LogP contribution in [0.1, 0.15) is 19.3 Å². The molecule has 0 spiro atoms. The maximum atomic E-state index is 11.8. The number of alkyl halides is 3. The van der Waals surface area contributed by atoms with E-state index in [4.69, 9.17) is 5.11 Å². The van der Waals surface area contributed by atoms with Gasteiger partial charge < -0.3 is 5.11 Å². The zero-order valence-corrected chi connectivity index (χ0v) is 8.25. The third-order valence-corrected chi connectivity index (χ3v) is 3.51. The van der Waals surface area contributed by atoms with Crippen molar-refractivity contribution in [1.82, 2.24) is 0 Å². The molecule has 1 fully saturated rings. The number of thioether (sulfide) groups is 1. The summed E-state index contributed by atoms with van der Waals surface area (Å²) in [5, 5.41) is 8.52. The van der Waals surface area contributed by atoms with Gasteiger partial charge in [0.1, 0.15) is 0 Å². The molecule has 14 heavy (non-hydrogen) atoms. The molecule has 1 N–H and O–H groups in total. The SMILES string of the molecule is O=C(O)CC1(CSCC(F)(F)F)CC1. The molecule has 0 bridgehead atoms. The number of carboxylic acid groups (broad SMARTS) is 1. The minimum atomic E-state index is -4.15. The van der Waals surface area contributed by atoms with Crippen molar-refractivity contribution in [3.05, 3.63) is 0 Å². The van der Waals surface area contributed by atoms with Crippen molar-refractivity contribution in [2.24, 2.45) is 5.41 Å². The second-order valence-corrected chi connectivity index (χ2v) is 4.66. The van der Waals surface area contributed by atoms with Gasteiger partial charge in [0.2, 0.25) is 0 Å². The average molecular weight is 228 g/mol. The van der Waals surface area contributed by atoms with E-state index in [0.717, 1.165) is 24.6 Å². The molecule has 0 atom stereocenters. The highest BCUT2D eigenvalue weighted by Gasteiger charge is 2.44. The lowest BCUT2D eigenvalue weighted by Gasteiger charge is -2.12. The van der Waals surface area contributed by atoms with E-state index >= 15 is 0 Å². The summed E-state index contributed by atoms with van der Waals surface area (Å²) in [4.78, 5) is 10.4. The van der Waals surface area contributed by atoms with Gasteiger partial charge >= 0.3 is 12.1 Å². The Labute approximate surface area is 83.9 Å². The molecule has 0 aromatic rings. The molecule has 1 saturated carbocycles. The van der Waals surface area contributed by atoms with Crippen molar-refractivity contribution in [3.63, 3.8) is 0 Å². The normalized spacial score (nSPS) is 19.4. The Morgan fingerprint density at radius 1 is 1.43 bits per heavy atom. The number of halogens is 3. The van der Waals surface area contributed by atoms with Gasteiger partial charge in [-0.05, 0) is 24.0 Å². The highest BCUT2D eigenvalue weighted by molar-refractivity contribution is 7.99. The number of hydrogen-bond acceptors (Lipinski definition) is 2. The molecule has 0 radical (unpaired) electrons. The topological polar surface area (TPSA) is 37.3 Å². The molecule has 2 nitrogen and oxygen atoms in total. The number of hydrogen-bond donors (Lipinski definition) is 1. The molecule has 0 unspecified atom stereocenters. The molecular weight excluding hydrogens is 217 g/mol. The van der Waals surface area contributed by atoms with Crippen LogP contribution in [-0.4, -0.2) is 28.8 Å². The second kappa shape index (κ2) is 4.00. The maximum absolute atomic E-state index is 11.8. The van der Waals surface area contributed by atoms with E-state index in [1.54, 1.807) is 0 Å². The van der Waals surface area contributed by atoms with E-state index in [-0.39, 0.29) is 11.8 Å². The van der Waals surface area contributed by atoms with Gasteiger partial charge in [0.15, 0.2) is 0 Å². The van der Waals surface area contributed by atoms with E-state index in [1.165, 1.54) is 0 Å². The van der Waals surface area contributed by atoms with Crippen LogP contribution < -0.4 is 0 Å². The fraction of sp³-hybridized carbons (Fsp3) is 0.875. The number of carbonyl (C=O) groups is 1. The Kier molecular flexibility index (Phi) is 3.34. The molecule has 82 valence electrons. The van der Waals surface area contributed by atoms with E-state index in [9.17, 15) is 18.0 Å². The summed E-state index contributed by atoms with van der Waals surface area (Å²) in [6.07, 6.45) is -2.67. The Morgan fingerprint density at radius 3 is 2.36 bits per heavy atom. The first-order valence-corrected chi connectivity index (χ1v) is 5.35. The van der Waals surface area contributed by atoms with E-state index in [0.29, 0.717) is 5.75 Å². The van der Waals surface area contributed by atoms with Crippen LogP contribution in [0.3, 0.4) is 0 Å². The summed E-state index contributed by atoms with van der Waals surface area (Å²) in [7, 11) is 0. The number of rotatable bonds is 5. The molecule has 6 heteroatoms. The van der Waals surface area contributed by atoms with Crippen molar-refractivity contribution >= 4 is 17.7 Å². The minimum Gasteiger partial charge on any atom is -0.481 e. The lowest BCUT2D eigenvalue weighted by atomic mass is 10.1. The van der Waals surface area contributed by atoms with Crippen LogP contribution in [0, 0.1) is 5.41 Å². The molecule has 1 rings (SSSR count). The fourth-order valence-electron chi connectivity index (χ4n) is 1.25. The molecular formula is C8H11F3O2S. The van der Waals surface area contributed by atoms with Crippen LogP contribution in [0.5, 0.6) is 0 Å². The Balaban J connectivity index is 2.21. The summed E-state index contributed by atoms with van der Waals surface area (Å²) in [6, 6.07) is 0. The Bertz CT molecular complexity index is 223. The zero-order valence-electron chi connectivity index (χ0n) is 7.43. The molecule has 0 aliphatic heterocycles. The number of carboxylic acids is 1. The summed E-state index contributed by atoms with van der Waals surface area (Å²) < 4.78 is 35.3. The van der Waals surface area contributed by atoms with Crippen molar-refractivity contribution in [2.75, 3.05) is 11.5 Å². The molecule has 1 aliphatic rings. The third-order valence-electron chi connectivity index (χ3n) is 2.16. The predicted octanol–water partition coefficient (Wildman–Crippen LogP) is 2.54. The van der Waals surface area contributed by atoms with Gasteiger partial charge in [-0.15, -0.1) is 0 Å². The van der Waals surface area contributed by atoms with Gasteiger partial charge in [-0.2, -0.15) is 24.9 Å². The molecule has 0 aromatic carbocycles. The first-order chi connectivity index (χ1) is 6.33. The van der Waals surface area contributed by atoms with Crippen molar-refractivity contribution in [1.29, 1.82) is 0 Å². The minimum absolute atomic E-state index is 0.00213. The predicted molar refractivity (Wildman–Crippen MR) is 47.3 cm³/mol. The molecule has 0 saturated heterocycles. The first kappa shape index (κ1) is 11.7. The summed E-state index contributed by atoms with van der Waals surface area (Å²) >= 11 is 0.783. The van der Waals surface area contributed by atoms with Crippen LogP contribution in [0.2, 0.25) is 0 Å². The van der Waals surface area contributed by atoms with Crippen LogP contribution >= 0.6 is 11.8 Å². The van der Waals surface area contributed by atoms with Gasteiger partial charge in [0, 0.05) is 0 Å². The monoisotopic (exact) mass is 228 g/mol. The standard InChI is InChI=1S/C8H11F3O2S/c9-8(10,11)5-14-4-7(1-2-7)3-6(12)13/h1-5H2,(H,12,13). The highest BCUT2D eigenvalue weighted by atomic mass is 32.2. The van der Waals surface area contributed by atoms with Crippen molar-refractivity contribution in [2.45, 2.75) is 25.4 Å². The van der Waals surface area contributed by atoms with E-state index < -0.39 is 17.9 Å². The van der Waals surface area contributed by atoms with Crippen LogP contribution in [0.25, 0.3) is 0 Å². The largest absolute Gasteiger partial charge is 0.481 e. The summed E-state index contributed by atoms with van der Waals surface area (Å²) in [6.45, 7) is 0. The summed E-state index contributed by atoms with van der Waals surface area (Å²) in [5.41, 5.74) is -0.345.